The summed E-state index contributed by atoms with van der Waals surface area (Å²) in [6, 6.07) is 0. The van der Waals surface area contributed by atoms with E-state index in [1.807, 2.05) is 6.08 Å². The van der Waals surface area contributed by atoms with Gasteiger partial charge < -0.3 is 5.11 Å². The summed E-state index contributed by atoms with van der Waals surface area (Å²) < 4.78 is 0. The van der Waals surface area contributed by atoms with Gasteiger partial charge in [-0.3, -0.25) is 0 Å². The average Bonchev–Trinajstić information content (AvgIpc) is 2.34. The standard InChI is InChI=1S/C9H15BO/c1-2-4-9(7-11)5-3-8(10)6-9/h4,8,11H,1,3,5-7,10H2/t8-,9+/m0/s1. The third-order valence-electron chi connectivity index (χ3n) is 2.61. The number of aliphatic hydroxyl groups excluding tert-OH is 1. The third-order valence-corrected chi connectivity index (χ3v) is 2.61. The lowest BCUT2D eigenvalue weighted by Gasteiger charge is -2.20. The second-order valence-corrected chi connectivity index (χ2v) is 3.72. The van der Waals surface area contributed by atoms with Crippen LogP contribution in [0.15, 0.2) is 18.4 Å². The molecule has 0 aromatic heterocycles. The lowest BCUT2D eigenvalue weighted by Crippen LogP contribution is -2.18. The van der Waals surface area contributed by atoms with Crippen molar-refractivity contribution >= 4 is 7.85 Å². The lowest BCUT2D eigenvalue weighted by atomic mass is 9.80. The molecule has 0 unspecified atom stereocenters. The molecule has 1 saturated carbocycles. The van der Waals surface area contributed by atoms with Crippen molar-refractivity contribution in [1.82, 2.24) is 0 Å². The zero-order chi connectivity index (χ0) is 8.32. The van der Waals surface area contributed by atoms with Crippen LogP contribution < -0.4 is 0 Å². The molecule has 0 aromatic carbocycles. The van der Waals surface area contributed by atoms with Gasteiger partial charge in [-0.2, -0.15) is 0 Å². The summed E-state index contributed by atoms with van der Waals surface area (Å²) in [5, 5.41) is 9.17. The van der Waals surface area contributed by atoms with Gasteiger partial charge in [0.15, 0.2) is 0 Å². The van der Waals surface area contributed by atoms with Gasteiger partial charge in [-0.15, -0.1) is 5.73 Å². The van der Waals surface area contributed by atoms with E-state index in [1.54, 1.807) is 0 Å². The van der Waals surface area contributed by atoms with Crippen molar-refractivity contribution in [3.63, 3.8) is 0 Å². The van der Waals surface area contributed by atoms with Crippen molar-refractivity contribution in [2.75, 3.05) is 6.61 Å². The lowest BCUT2D eigenvalue weighted by molar-refractivity contribution is 0.174. The Bertz CT molecular complexity index is 184. The molecule has 1 aliphatic rings. The molecule has 60 valence electrons. The monoisotopic (exact) mass is 150 g/mol. The summed E-state index contributed by atoms with van der Waals surface area (Å²) in [6.45, 7) is 3.80. The minimum atomic E-state index is 0.0150. The SMILES string of the molecule is B[C@H]1CC[C@@](C=C=C)(CO)C1. The summed E-state index contributed by atoms with van der Waals surface area (Å²) >= 11 is 0. The Morgan fingerprint density at radius 1 is 1.82 bits per heavy atom. The molecule has 0 bridgehead atoms. The molecule has 0 saturated heterocycles. The molecule has 0 amide bonds. The number of hydrogen-bond donors (Lipinski definition) is 1. The molecule has 0 radical (unpaired) electrons. The molecule has 11 heavy (non-hydrogen) atoms. The number of rotatable bonds is 2. The molecule has 1 rings (SSSR count). The maximum absolute atomic E-state index is 9.17. The van der Waals surface area contributed by atoms with E-state index in [1.165, 1.54) is 6.42 Å². The van der Waals surface area contributed by atoms with E-state index in [0.29, 0.717) is 0 Å². The van der Waals surface area contributed by atoms with Crippen LogP contribution in [-0.4, -0.2) is 19.6 Å². The first-order chi connectivity index (χ1) is 5.22. The highest BCUT2D eigenvalue weighted by atomic mass is 16.3. The van der Waals surface area contributed by atoms with Crippen LogP contribution in [0.3, 0.4) is 0 Å². The summed E-state index contributed by atoms with van der Waals surface area (Å²) in [6.07, 6.45) is 5.34. The highest BCUT2D eigenvalue weighted by molar-refractivity contribution is 6.11. The second kappa shape index (κ2) is 3.29. The molecule has 2 atom stereocenters. The Morgan fingerprint density at radius 2 is 2.55 bits per heavy atom. The van der Waals surface area contributed by atoms with Crippen LogP contribution in [0.25, 0.3) is 0 Å². The van der Waals surface area contributed by atoms with Crippen LogP contribution in [0.2, 0.25) is 5.82 Å². The van der Waals surface area contributed by atoms with Gasteiger partial charge in [0, 0.05) is 5.41 Å². The van der Waals surface area contributed by atoms with Gasteiger partial charge in [-0.1, -0.05) is 18.8 Å². The highest BCUT2D eigenvalue weighted by Gasteiger charge is 2.34. The van der Waals surface area contributed by atoms with E-state index < -0.39 is 0 Å². The van der Waals surface area contributed by atoms with Crippen molar-refractivity contribution in [2.45, 2.75) is 25.1 Å². The van der Waals surface area contributed by atoms with Gasteiger partial charge >= 0.3 is 0 Å². The van der Waals surface area contributed by atoms with Gasteiger partial charge in [0.2, 0.25) is 0 Å². The maximum Gasteiger partial charge on any atom is 0.105 e. The van der Waals surface area contributed by atoms with E-state index in [4.69, 9.17) is 5.11 Å². The molecule has 1 aliphatic carbocycles. The third kappa shape index (κ3) is 1.77. The van der Waals surface area contributed by atoms with Crippen molar-refractivity contribution < 1.29 is 5.11 Å². The molecule has 2 heteroatoms. The molecule has 0 spiro atoms. The first-order valence-corrected chi connectivity index (χ1v) is 4.20. The Labute approximate surface area is 69.2 Å². The topological polar surface area (TPSA) is 20.2 Å². The van der Waals surface area contributed by atoms with Gasteiger partial charge in [-0.05, 0) is 18.9 Å². The summed E-state index contributed by atoms with van der Waals surface area (Å²) in [4.78, 5) is 0. The molecule has 1 fully saturated rings. The quantitative estimate of drug-likeness (QED) is 0.458. The first-order valence-electron chi connectivity index (χ1n) is 4.20. The zero-order valence-corrected chi connectivity index (χ0v) is 7.14. The summed E-state index contributed by atoms with van der Waals surface area (Å²) in [5.41, 5.74) is 2.80. The number of aliphatic hydroxyl groups is 1. The van der Waals surface area contributed by atoms with Crippen LogP contribution in [-0.2, 0) is 0 Å². The minimum absolute atomic E-state index is 0.0150. The summed E-state index contributed by atoms with van der Waals surface area (Å²) in [7, 11) is 2.23. The average molecular weight is 150 g/mol. The maximum atomic E-state index is 9.17. The highest BCUT2D eigenvalue weighted by Crippen LogP contribution is 2.43. The largest absolute Gasteiger partial charge is 0.395 e. The van der Waals surface area contributed by atoms with Crippen LogP contribution in [0.4, 0.5) is 0 Å². The van der Waals surface area contributed by atoms with Crippen molar-refractivity contribution in [3.8, 4) is 0 Å². The van der Waals surface area contributed by atoms with Crippen LogP contribution in [0.1, 0.15) is 19.3 Å². The normalized spacial score (nSPS) is 36.6. The molecular weight excluding hydrogens is 135 g/mol. The van der Waals surface area contributed by atoms with Gasteiger partial charge in [0.05, 0.1) is 6.61 Å². The van der Waals surface area contributed by atoms with Crippen LogP contribution >= 0.6 is 0 Å². The Hall–Kier alpha value is -0.455. The van der Waals surface area contributed by atoms with E-state index in [9.17, 15) is 0 Å². The van der Waals surface area contributed by atoms with E-state index in [0.717, 1.165) is 18.7 Å². The molecule has 1 N–H and O–H groups in total. The Kier molecular flexibility index (Phi) is 2.59. The zero-order valence-electron chi connectivity index (χ0n) is 7.14. The van der Waals surface area contributed by atoms with Crippen molar-refractivity contribution in [3.05, 3.63) is 18.4 Å². The van der Waals surface area contributed by atoms with Crippen LogP contribution in [0.5, 0.6) is 0 Å². The number of hydrogen-bond acceptors (Lipinski definition) is 1. The fourth-order valence-electron chi connectivity index (χ4n) is 1.97. The predicted octanol–water partition coefficient (Wildman–Crippen LogP) is 0.912. The minimum Gasteiger partial charge on any atom is -0.395 e. The Morgan fingerprint density at radius 3 is 2.91 bits per heavy atom. The van der Waals surface area contributed by atoms with Crippen molar-refractivity contribution in [2.24, 2.45) is 5.41 Å². The second-order valence-electron chi connectivity index (χ2n) is 3.72. The molecule has 0 aromatic rings. The molecule has 0 aliphatic heterocycles. The van der Waals surface area contributed by atoms with Gasteiger partial charge in [0.1, 0.15) is 7.85 Å². The first kappa shape index (κ1) is 8.64. The van der Waals surface area contributed by atoms with E-state index in [2.05, 4.69) is 20.2 Å². The van der Waals surface area contributed by atoms with E-state index >= 15 is 0 Å². The fourth-order valence-corrected chi connectivity index (χ4v) is 1.97. The van der Waals surface area contributed by atoms with Gasteiger partial charge in [0.25, 0.3) is 0 Å². The predicted molar refractivity (Wildman–Crippen MR) is 49.4 cm³/mol. The van der Waals surface area contributed by atoms with Crippen LogP contribution in [0, 0.1) is 5.41 Å². The fraction of sp³-hybridized carbons (Fsp3) is 0.667. The van der Waals surface area contributed by atoms with Crippen molar-refractivity contribution in [1.29, 1.82) is 0 Å². The van der Waals surface area contributed by atoms with E-state index in [-0.39, 0.29) is 12.0 Å². The van der Waals surface area contributed by atoms with Gasteiger partial charge in [-0.25, -0.2) is 0 Å². The smallest absolute Gasteiger partial charge is 0.105 e. The summed E-state index contributed by atoms with van der Waals surface area (Å²) in [5.74, 6) is 0.742. The molecular formula is C9H15BO. The molecule has 0 heterocycles. The molecule has 1 nitrogen and oxygen atoms in total. The Balaban J connectivity index is 2.69.